The Hall–Kier alpha value is -1.52. The second-order valence-electron chi connectivity index (χ2n) is 5.53. The van der Waals surface area contributed by atoms with E-state index in [2.05, 4.69) is 29.3 Å². The molecule has 0 spiro atoms. The fourth-order valence-electron chi connectivity index (χ4n) is 2.76. The molecule has 1 aromatic heterocycles. The van der Waals surface area contributed by atoms with Gasteiger partial charge in [-0.1, -0.05) is 38.4 Å². The summed E-state index contributed by atoms with van der Waals surface area (Å²) in [6, 6.07) is 10.0. The van der Waals surface area contributed by atoms with Crippen molar-refractivity contribution in [3.05, 3.63) is 50.7 Å². The van der Waals surface area contributed by atoms with Gasteiger partial charge in [0, 0.05) is 42.2 Å². The van der Waals surface area contributed by atoms with Crippen molar-refractivity contribution < 1.29 is 4.79 Å². The van der Waals surface area contributed by atoms with Crippen LogP contribution < -0.4 is 10.2 Å². The van der Waals surface area contributed by atoms with Gasteiger partial charge in [0.05, 0.1) is 4.34 Å². The van der Waals surface area contributed by atoms with E-state index in [-0.39, 0.29) is 5.91 Å². The summed E-state index contributed by atoms with van der Waals surface area (Å²) < 4.78 is 0.931. The largest absolute Gasteiger partial charge is 0.370 e. The number of nitrogens with one attached hydrogen (secondary N) is 1. The molecule has 0 saturated carbocycles. The molecular formula is C19H25ClN2OS. The third-order valence-electron chi connectivity index (χ3n) is 4.13. The molecule has 1 fully saturated rings. The Morgan fingerprint density at radius 2 is 2.04 bits per heavy atom. The lowest BCUT2D eigenvalue weighted by Gasteiger charge is -2.41. The summed E-state index contributed by atoms with van der Waals surface area (Å²) >= 11 is 8.05. The molecule has 1 N–H and O–H groups in total. The molecule has 3 nitrogen and oxygen atoms in total. The van der Waals surface area contributed by atoms with Gasteiger partial charge in [-0.2, -0.15) is 0 Å². The van der Waals surface area contributed by atoms with Crippen LogP contribution in [0.3, 0.4) is 0 Å². The Bertz CT molecular complexity index is 692. The molecule has 1 saturated heterocycles. The minimum Gasteiger partial charge on any atom is -0.370 e. The summed E-state index contributed by atoms with van der Waals surface area (Å²) in [4.78, 5) is 15.4. The molecule has 24 heavy (non-hydrogen) atoms. The maximum absolute atomic E-state index is 11.7. The Morgan fingerprint density at radius 3 is 2.62 bits per heavy atom. The quantitative estimate of drug-likeness (QED) is 0.832. The lowest BCUT2D eigenvalue weighted by atomic mass is 9.92. The summed E-state index contributed by atoms with van der Waals surface area (Å²) in [5.74, 6) is 0.445. The smallest absolute Gasteiger partial charge is 0.251 e. The number of rotatable bonds is 4. The highest BCUT2D eigenvalue weighted by Crippen LogP contribution is 2.39. The monoisotopic (exact) mass is 364 g/mol. The molecule has 5 heteroatoms. The molecule has 0 bridgehead atoms. The Morgan fingerprint density at radius 1 is 1.33 bits per heavy atom. The molecule has 1 aliphatic rings. The van der Waals surface area contributed by atoms with Crippen molar-refractivity contribution in [1.82, 2.24) is 5.32 Å². The second kappa shape index (κ2) is 8.54. The van der Waals surface area contributed by atoms with Gasteiger partial charge in [-0.15, -0.1) is 11.3 Å². The number of carbonyl (C=O) groups is 1. The molecule has 0 atom stereocenters. The van der Waals surface area contributed by atoms with Gasteiger partial charge in [-0.25, -0.2) is 0 Å². The average Bonchev–Trinajstić information content (AvgIpc) is 2.96. The first-order valence-electron chi connectivity index (χ1n) is 8.47. The predicted octanol–water partition coefficient (Wildman–Crippen LogP) is 4.95. The van der Waals surface area contributed by atoms with Crippen LogP contribution in [0, 0.1) is 0 Å². The molecule has 1 aromatic carbocycles. The summed E-state index contributed by atoms with van der Waals surface area (Å²) in [5.41, 5.74) is 3.08. The summed E-state index contributed by atoms with van der Waals surface area (Å²) in [6.45, 7) is 8.07. The first-order chi connectivity index (χ1) is 11.6. The van der Waals surface area contributed by atoms with Gasteiger partial charge in [0.25, 0.3) is 5.91 Å². The fraction of sp³-hybridized carbons (Fsp3) is 0.421. The van der Waals surface area contributed by atoms with Crippen LogP contribution in [-0.2, 0) is 6.42 Å². The molecule has 1 aliphatic heterocycles. The SMILES string of the molecule is CC.CCc1cc(C2CN(c3cccc(C(=O)NC)c3)C2)c(Cl)s1. The van der Waals surface area contributed by atoms with Gasteiger partial charge in [-0.3, -0.25) is 4.79 Å². The van der Waals surface area contributed by atoms with E-state index in [1.807, 2.05) is 32.0 Å². The summed E-state index contributed by atoms with van der Waals surface area (Å²) in [6.07, 6.45) is 1.04. The van der Waals surface area contributed by atoms with Crippen LogP contribution in [0.2, 0.25) is 4.34 Å². The lowest BCUT2D eigenvalue weighted by molar-refractivity contribution is 0.0963. The molecule has 3 rings (SSSR count). The highest BCUT2D eigenvalue weighted by Gasteiger charge is 2.31. The zero-order valence-electron chi connectivity index (χ0n) is 14.7. The van der Waals surface area contributed by atoms with E-state index in [1.54, 1.807) is 18.4 Å². The van der Waals surface area contributed by atoms with Gasteiger partial charge in [0.1, 0.15) is 0 Å². The number of halogens is 1. The second-order valence-corrected chi connectivity index (χ2v) is 7.27. The molecule has 0 radical (unpaired) electrons. The van der Waals surface area contributed by atoms with Crippen LogP contribution in [0.25, 0.3) is 0 Å². The minimum absolute atomic E-state index is 0.0487. The molecular weight excluding hydrogens is 340 g/mol. The number of anilines is 1. The fourth-order valence-corrected chi connectivity index (χ4v) is 4.17. The van der Waals surface area contributed by atoms with Crippen molar-refractivity contribution in [2.75, 3.05) is 25.0 Å². The number of benzene rings is 1. The predicted molar refractivity (Wildman–Crippen MR) is 105 cm³/mol. The van der Waals surface area contributed by atoms with Gasteiger partial charge in [0.2, 0.25) is 0 Å². The standard InChI is InChI=1S/C17H19ClN2OS.C2H6/c1-3-14-8-15(16(18)22-14)12-9-20(10-12)13-6-4-5-11(7-13)17(21)19-2;1-2/h4-8,12H,3,9-10H2,1-2H3,(H,19,21);1-2H3. The van der Waals surface area contributed by atoms with Crippen LogP contribution in [0.4, 0.5) is 5.69 Å². The van der Waals surface area contributed by atoms with Crippen molar-refractivity contribution in [3.63, 3.8) is 0 Å². The maximum atomic E-state index is 11.7. The zero-order valence-corrected chi connectivity index (χ0v) is 16.3. The van der Waals surface area contributed by atoms with E-state index in [0.29, 0.717) is 11.5 Å². The van der Waals surface area contributed by atoms with Crippen LogP contribution in [0.5, 0.6) is 0 Å². The first-order valence-corrected chi connectivity index (χ1v) is 9.67. The highest BCUT2D eigenvalue weighted by atomic mass is 35.5. The molecule has 1 amide bonds. The van der Waals surface area contributed by atoms with Crippen molar-refractivity contribution in [3.8, 4) is 0 Å². The van der Waals surface area contributed by atoms with Crippen molar-refractivity contribution >= 4 is 34.5 Å². The number of hydrogen-bond donors (Lipinski definition) is 1. The maximum Gasteiger partial charge on any atom is 0.251 e. The van der Waals surface area contributed by atoms with E-state index < -0.39 is 0 Å². The van der Waals surface area contributed by atoms with Crippen LogP contribution in [-0.4, -0.2) is 26.0 Å². The van der Waals surface area contributed by atoms with Crippen molar-refractivity contribution in [2.45, 2.75) is 33.1 Å². The van der Waals surface area contributed by atoms with Gasteiger partial charge in [0.15, 0.2) is 0 Å². The van der Waals surface area contributed by atoms with Gasteiger partial charge >= 0.3 is 0 Å². The molecule has 0 unspecified atom stereocenters. The minimum atomic E-state index is -0.0487. The Labute approximate surface area is 153 Å². The number of carbonyl (C=O) groups excluding carboxylic acids is 1. The van der Waals surface area contributed by atoms with E-state index in [9.17, 15) is 4.79 Å². The average molecular weight is 365 g/mol. The van der Waals surface area contributed by atoms with E-state index in [4.69, 9.17) is 11.6 Å². The van der Waals surface area contributed by atoms with E-state index in [1.165, 1.54) is 10.4 Å². The number of amides is 1. The number of thiophene rings is 1. The zero-order chi connectivity index (χ0) is 17.7. The third-order valence-corrected chi connectivity index (χ3v) is 5.67. The molecule has 130 valence electrons. The van der Waals surface area contributed by atoms with E-state index in [0.717, 1.165) is 29.5 Å². The highest BCUT2D eigenvalue weighted by molar-refractivity contribution is 7.16. The van der Waals surface area contributed by atoms with Gasteiger partial charge in [-0.05, 0) is 36.2 Å². The number of nitrogens with zero attached hydrogens (tertiary/aromatic N) is 1. The number of aryl methyl sites for hydroxylation is 1. The molecule has 2 heterocycles. The number of hydrogen-bond acceptors (Lipinski definition) is 3. The topological polar surface area (TPSA) is 32.3 Å². The first kappa shape index (κ1) is 18.8. The van der Waals surface area contributed by atoms with Crippen molar-refractivity contribution in [2.24, 2.45) is 0 Å². The Balaban J connectivity index is 0.00000100. The normalized spacial score (nSPS) is 13.8. The Kier molecular flexibility index (Phi) is 6.69. The molecule has 0 aliphatic carbocycles. The van der Waals surface area contributed by atoms with Crippen LogP contribution in [0.15, 0.2) is 30.3 Å². The van der Waals surface area contributed by atoms with Gasteiger partial charge < -0.3 is 10.2 Å². The lowest BCUT2D eigenvalue weighted by Crippen LogP contribution is -2.45. The summed E-state index contributed by atoms with van der Waals surface area (Å²) in [7, 11) is 1.65. The van der Waals surface area contributed by atoms with Crippen molar-refractivity contribution in [1.29, 1.82) is 0 Å². The van der Waals surface area contributed by atoms with Crippen LogP contribution in [0.1, 0.15) is 47.5 Å². The molecule has 2 aromatic rings. The van der Waals surface area contributed by atoms with Crippen LogP contribution >= 0.6 is 22.9 Å². The summed E-state index contributed by atoms with van der Waals surface area (Å²) in [5, 5.41) is 2.66. The van der Waals surface area contributed by atoms with E-state index >= 15 is 0 Å². The third kappa shape index (κ3) is 3.93.